The summed E-state index contributed by atoms with van der Waals surface area (Å²) in [4.78, 5) is 43.2. The van der Waals surface area contributed by atoms with Gasteiger partial charge in [0.05, 0.1) is 24.7 Å². The van der Waals surface area contributed by atoms with Crippen LogP contribution in [0.2, 0.25) is 0 Å². The van der Waals surface area contributed by atoms with Gasteiger partial charge in [0.25, 0.3) is 0 Å². The molecule has 0 fully saturated rings. The van der Waals surface area contributed by atoms with E-state index in [1.807, 2.05) is 42.5 Å². The number of rotatable bonds is 8. The first-order valence-corrected chi connectivity index (χ1v) is 12.8. The Hall–Kier alpha value is -3.24. The number of ether oxygens (including phenoxy) is 1. The van der Waals surface area contributed by atoms with Gasteiger partial charge < -0.3 is 15.4 Å². The summed E-state index contributed by atoms with van der Waals surface area (Å²) < 4.78 is 2.59. The van der Waals surface area contributed by atoms with Crippen LogP contribution in [0.15, 0.2) is 72.9 Å². The SMILES string of the molecule is COC(=O)CCC(=O)N(C(=S)NC(NC(=O)/C=C/c1ccccc1)C(Cl)(Cl)Cl)c1cccc2cccnc12. The van der Waals surface area contributed by atoms with Crippen molar-refractivity contribution < 1.29 is 19.1 Å². The van der Waals surface area contributed by atoms with E-state index in [1.165, 1.54) is 13.2 Å². The summed E-state index contributed by atoms with van der Waals surface area (Å²) >= 11 is 24.0. The molecule has 198 valence electrons. The maximum absolute atomic E-state index is 13.3. The van der Waals surface area contributed by atoms with Crippen LogP contribution in [0.25, 0.3) is 17.0 Å². The Labute approximate surface area is 239 Å². The number of nitrogens with zero attached hydrogens (tertiary/aromatic N) is 2. The van der Waals surface area contributed by atoms with Crippen molar-refractivity contribution in [3.63, 3.8) is 0 Å². The maximum atomic E-state index is 13.3. The number of methoxy groups -OCH3 is 1. The minimum Gasteiger partial charge on any atom is -0.469 e. The van der Waals surface area contributed by atoms with Gasteiger partial charge in [0.1, 0.15) is 6.17 Å². The van der Waals surface area contributed by atoms with Crippen molar-refractivity contribution in [3.8, 4) is 0 Å². The van der Waals surface area contributed by atoms with Crippen molar-refractivity contribution in [1.82, 2.24) is 15.6 Å². The van der Waals surface area contributed by atoms with Gasteiger partial charge in [-0.05, 0) is 36.0 Å². The van der Waals surface area contributed by atoms with E-state index in [9.17, 15) is 14.4 Å². The van der Waals surface area contributed by atoms with E-state index in [0.29, 0.717) is 11.2 Å². The number of hydrogen-bond donors (Lipinski definition) is 2. The normalized spacial score (nSPS) is 12.1. The van der Waals surface area contributed by atoms with Crippen LogP contribution in [-0.4, -0.2) is 44.9 Å². The van der Waals surface area contributed by atoms with Gasteiger partial charge in [0.2, 0.25) is 15.6 Å². The molecular weight excluding hydrogens is 571 g/mol. The number of benzene rings is 2. The number of para-hydroxylation sites is 1. The first-order chi connectivity index (χ1) is 18.1. The number of nitrogens with one attached hydrogen (secondary N) is 2. The summed E-state index contributed by atoms with van der Waals surface area (Å²) in [6.07, 6.45) is 2.71. The van der Waals surface area contributed by atoms with Crippen molar-refractivity contribution >= 4 is 92.6 Å². The zero-order valence-corrected chi connectivity index (χ0v) is 23.2. The zero-order valence-electron chi connectivity index (χ0n) is 20.1. The molecule has 1 heterocycles. The summed E-state index contributed by atoms with van der Waals surface area (Å²) in [6.45, 7) is 0. The van der Waals surface area contributed by atoms with Crippen LogP contribution in [0, 0.1) is 0 Å². The lowest BCUT2D eigenvalue weighted by Crippen LogP contribution is -2.58. The first kappa shape index (κ1) is 29.3. The molecule has 0 radical (unpaired) electrons. The second-order valence-corrected chi connectivity index (χ2v) is 10.6. The van der Waals surface area contributed by atoms with Gasteiger partial charge in [-0.2, -0.15) is 0 Å². The number of amides is 2. The number of fused-ring (bicyclic) bond motifs is 1. The Morgan fingerprint density at radius 3 is 2.42 bits per heavy atom. The van der Waals surface area contributed by atoms with E-state index >= 15 is 0 Å². The molecule has 3 rings (SSSR count). The maximum Gasteiger partial charge on any atom is 0.306 e. The summed E-state index contributed by atoms with van der Waals surface area (Å²) in [5, 5.41) is 5.88. The number of alkyl halides is 3. The molecule has 0 bridgehead atoms. The van der Waals surface area contributed by atoms with Crippen LogP contribution >= 0.6 is 47.0 Å². The number of halogens is 3. The van der Waals surface area contributed by atoms with E-state index in [1.54, 1.807) is 30.5 Å². The molecule has 0 saturated carbocycles. The Balaban J connectivity index is 1.89. The Bertz CT molecular complexity index is 1340. The molecule has 2 N–H and O–H groups in total. The van der Waals surface area contributed by atoms with Crippen molar-refractivity contribution in [2.45, 2.75) is 22.8 Å². The Morgan fingerprint density at radius 2 is 1.74 bits per heavy atom. The molecule has 8 nitrogen and oxygen atoms in total. The van der Waals surface area contributed by atoms with E-state index < -0.39 is 27.7 Å². The van der Waals surface area contributed by atoms with Crippen LogP contribution < -0.4 is 15.5 Å². The molecule has 12 heteroatoms. The minimum absolute atomic E-state index is 0.179. The predicted molar refractivity (Wildman–Crippen MR) is 154 cm³/mol. The third-order valence-electron chi connectivity index (χ3n) is 5.18. The number of thiocarbonyl (C=S) groups is 1. The third kappa shape index (κ3) is 8.13. The number of hydrogen-bond acceptors (Lipinski definition) is 6. The number of carbonyl (C=O) groups excluding carboxylic acids is 3. The lowest BCUT2D eigenvalue weighted by atomic mass is 10.1. The average molecular weight is 594 g/mol. The molecule has 0 aliphatic heterocycles. The van der Waals surface area contributed by atoms with Gasteiger partial charge in [-0.15, -0.1) is 0 Å². The molecule has 0 saturated heterocycles. The van der Waals surface area contributed by atoms with Crippen molar-refractivity contribution in [1.29, 1.82) is 0 Å². The third-order valence-corrected chi connectivity index (χ3v) is 6.14. The van der Waals surface area contributed by atoms with Gasteiger partial charge in [0.15, 0.2) is 5.11 Å². The molecule has 0 spiro atoms. The monoisotopic (exact) mass is 592 g/mol. The highest BCUT2D eigenvalue weighted by atomic mass is 35.6. The van der Waals surface area contributed by atoms with Gasteiger partial charge >= 0.3 is 5.97 Å². The zero-order chi connectivity index (χ0) is 27.7. The molecule has 1 aromatic heterocycles. The molecule has 2 aromatic carbocycles. The minimum atomic E-state index is -2.06. The molecule has 0 aliphatic rings. The average Bonchev–Trinajstić information content (AvgIpc) is 2.90. The lowest BCUT2D eigenvalue weighted by Gasteiger charge is -2.31. The molecule has 1 atom stereocenters. The van der Waals surface area contributed by atoms with Crippen LogP contribution in [-0.2, 0) is 19.1 Å². The standard InChI is InChI=1S/C26H23Cl3N4O4S/c1-37-22(36)15-14-21(35)33(19-11-5-9-18-10-6-16-30-23(18)19)25(38)32-24(26(27,28)29)31-20(34)13-12-17-7-3-2-4-8-17/h2-13,16,24H,14-15H2,1H3,(H,31,34)(H,32,38)/b13-12+. The molecular formula is C26H23Cl3N4O4S. The van der Waals surface area contributed by atoms with E-state index in [4.69, 9.17) is 47.0 Å². The number of carbonyl (C=O) groups is 3. The molecule has 3 aromatic rings. The molecule has 1 unspecified atom stereocenters. The second kappa shape index (κ2) is 13.5. The summed E-state index contributed by atoms with van der Waals surface area (Å²) in [5.41, 5.74) is 1.61. The van der Waals surface area contributed by atoms with Gasteiger partial charge in [-0.1, -0.05) is 83.3 Å². The predicted octanol–water partition coefficient (Wildman–Crippen LogP) is 4.92. The largest absolute Gasteiger partial charge is 0.469 e. The van der Waals surface area contributed by atoms with Crippen LogP contribution in [0.3, 0.4) is 0 Å². The molecule has 0 aliphatic carbocycles. The van der Waals surface area contributed by atoms with Crippen molar-refractivity contribution in [2.24, 2.45) is 0 Å². The topological polar surface area (TPSA) is 101 Å². The molecule has 38 heavy (non-hydrogen) atoms. The fraction of sp³-hybridized carbons (Fsp3) is 0.192. The molecule has 2 amide bonds. The second-order valence-electron chi connectivity index (χ2n) is 7.83. The Morgan fingerprint density at radius 1 is 1.03 bits per heavy atom. The van der Waals surface area contributed by atoms with Gasteiger partial charge in [-0.3, -0.25) is 24.3 Å². The highest BCUT2D eigenvalue weighted by molar-refractivity contribution is 7.80. The number of esters is 1. The van der Waals surface area contributed by atoms with Crippen molar-refractivity contribution in [3.05, 3.63) is 78.5 Å². The van der Waals surface area contributed by atoms with E-state index in [0.717, 1.165) is 15.8 Å². The van der Waals surface area contributed by atoms with Crippen LogP contribution in [0.5, 0.6) is 0 Å². The summed E-state index contributed by atoms with van der Waals surface area (Å²) in [6, 6.07) is 17.9. The number of pyridine rings is 1. The number of aromatic nitrogens is 1. The first-order valence-electron chi connectivity index (χ1n) is 11.2. The smallest absolute Gasteiger partial charge is 0.306 e. The van der Waals surface area contributed by atoms with Crippen LogP contribution in [0.1, 0.15) is 18.4 Å². The van der Waals surface area contributed by atoms with Crippen LogP contribution in [0.4, 0.5) is 5.69 Å². The fourth-order valence-corrected chi connectivity index (χ4v) is 4.01. The number of anilines is 1. The van der Waals surface area contributed by atoms with Gasteiger partial charge in [0, 0.05) is 24.1 Å². The lowest BCUT2D eigenvalue weighted by molar-refractivity contribution is -0.141. The highest BCUT2D eigenvalue weighted by Gasteiger charge is 2.36. The van der Waals surface area contributed by atoms with E-state index in [-0.39, 0.29) is 18.0 Å². The van der Waals surface area contributed by atoms with Gasteiger partial charge in [-0.25, -0.2) is 0 Å². The highest BCUT2D eigenvalue weighted by Crippen LogP contribution is 2.30. The van der Waals surface area contributed by atoms with E-state index in [2.05, 4.69) is 20.4 Å². The fourth-order valence-electron chi connectivity index (χ4n) is 3.36. The summed E-state index contributed by atoms with van der Waals surface area (Å²) in [7, 11) is 1.23. The van der Waals surface area contributed by atoms with Crippen molar-refractivity contribution in [2.75, 3.05) is 12.0 Å². The quantitative estimate of drug-likeness (QED) is 0.126. The Kier molecular flexibility index (Phi) is 10.4. The summed E-state index contributed by atoms with van der Waals surface area (Å²) in [5.74, 6) is -1.68.